The molecule has 0 aromatic carbocycles. The van der Waals surface area contributed by atoms with Crippen molar-refractivity contribution in [3.05, 3.63) is 12.0 Å². The first-order valence-corrected chi connectivity index (χ1v) is 23.1. The molecule has 2 saturated heterocycles. The number of piperidine rings is 1. The van der Waals surface area contributed by atoms with Crippen molar-refractivity contribution < 1.29 is 29.1 Å². The largest absolute Gasteiger partial charge is 0.514 e. The van der Waals surface area contributed by atoms with E-state index in [4.69, 9.17) is 0 Å². The lowest BCUT2D eigenvalue weighted by molar-refractivity contribution is -0.145. The van der Waals surface area contributed by atoms with Crippen LogP contribution in [0.4, 0.5) is 0 Å². The third-order valence-corrected chi connectivity index (χ3v) is 16.1. The first-order valence-electron chi connectivity index (χ1n) is 23.1. The molecule has 12 nitrogen and oxygen atoms in total. The van der Waals surface area contributed by atoms with E-state index in [1.807, 2.05) is 27.7 Å². The quantitative estimate of drug-likeness (QED) is 0.0990. The second kappa shape index (κ2) is 17.4. The van der Waals surface area contributed by atoms with E-state index in [1.165, 1.54) is 0 Å². The Bertz CT molecular complexity index is 1570. The number of Topliss-reactive ketones (excluding diaryl/α,β-unsaturated/α-hetero) is 1. The van der Waals surface area contributed by atoms with Gasteiger partial charge in [0.15, 0.2) is 0 Å². The van der Waals surface area contributed by atoms with Gasteiger partial charge in [0.05, 0.1) is 24.0 Å². The number of amides is 4. The highest BCUT2D eigenvalue weighted by Crippen LogP contribution is 2.88. The van der Waals surface area contributed by atoms with Crippen LogP contribution in [0.1, 0.15) is 165 Å². The van der Waals surface area contributed by atoms with Gasteiger partial charge < -0.3 is 31.3 Å². The van der Waals surface area contributed by atoms with Crippen molar-refractivity contribution in [2.24, 2.45) is 27.6 Å². The van der Waals surface area contributed by atoms with Crippen LogP contribution in [0.5, 0.6) is 0 Å². The number of aliphatic hydroxyl groups excluding tert-OH is 1. The fraction of sp³-hybridized carbons (Fsp3) is 0.848. The minimum absolute atomic E-state index is 0.00121. The number of rotatable bonds is 15. The summed E-state index contributed by atoms with van der Waals surface area (Å²) in [5.74, 6) is -2.25. The molecule has 6 rings (SSSR count). The Kier molecular flexibility index (Phi) is 13.4. The molecule has 5 N–H and O–H groups in total. The third-order valence-electron chi connectivity index (χ3n) is 16.1. The number of hydrogen-bond acceptors (Lipinski definition) is 8. The molecule has 12 heteroatoms. The Labute approximate surface area is 348 Å². The van der Waals surface area contributed by atoms with Crippen molar-refractivity contribution >= 4 is 29.4 Å². The van der Waals surface area contributed by atoms with E-state index in [-0.39, 0.29) is 52.1 Å². The standard InChI is InChI=1S/C46H76N6O6/c1-9-17-32(37(54)41(57)47-31-20-15-21-31)49-39(55)35-26-46(44(7,8)45(46)23-16-24-45)28-52(35)42(58)38(43(4,5)6)50-40(56)36(30-18-11-10-12-19-30)48-33(27-53)34-22-13-14-25-51(34)29(2)3/h27,29-32,34-36,38,48,53H,9-26,28H2,1-8H3,(H,47,57)(H,49,55)(H,50,56)/b33-27-/t32-,34-,35-,36-,38+,46+/m0/s1. The Morgan fingerprint density at radius 3 is 2.03 bits per heavy atom. The molecule has 6 atom stereocenters. The predicted octanol–water partition coefficient (Wildman–Crippen LogP) is 6.04. The lowest BCUT2D eigenvalue weighted by Crippen LogP contribution is -2.62. The number of ketones is 1. The van der Waals surface area contributed by atoms with E-state index in [2.05, 4.69) is 53.9 Å². The maximum atomic E-state index is 15.3. The fourth-order valence-corrected chi connectivity index (χ4v) is 12.1. The van der Waals surface area contributed by atoms with Crippen LogP contribution in [0.25, 0.3) is 0 Å². The molecule has 0 aromatic heterocycles. The monoisotopic (exact) mass is 809 g/mol. The van der Waals surface area contributed by atoms with Crippen LogP contribution >= 0.6 is 0 Å². The van der Waals surface area contributed by atoms with Crippen LogP contribution in [0.3, 0.4) is 0 Å². The van der Waals surface area contributed by atoms with Crippen molar-refractivity contribution in [3.63, 3.8) is 0 Å². The molecule has 4 aliphatic carbocycles. The minimum atomic E-state index is -0.985. The molecule has 58 heavy (non-hydrogen) atoms. The summed E-state index contributed by atoms with van der Waals surface area (Å²) in [7, 11) is 0. The van der Waals surface area contributed by atoms with Crippen molar-refractivity contribution in [2.75, 3.05) is 13.1 Å². The van der Waals surface area contributed by atoms with Gasteiger partial charge in [-0.2, -0.15) is 0 Å². The molecule has 326 valence electrons. The molecule has 0 radical (unpaired) electrons. The Morgan fingerprint density at radius 2 is 1.50 bits per heavy atom. The topological polar surface area (TPSA) is 160 Å². The average molecular weight is 809 g/mol. The zero-order valence-electron chi connectivity index (χ0n) is 37.0. The van der Waals surface area contributed by atoms with Crippen molar-refractivity contribution in [3.8, 4) is 0 Å². The lowest BCUT2D eigenvalue weighted by Gasteiger charge is -2.42. The second-order valence-corrected chi connectivity index (χ2v) is 20.9. The number of fused-ring (bicyclic) bond motifs is 1. The van der Waals surface area contributed by atoms with E-state index in [1.54, 1.807) is 4.90 Å². The zero-order valence-corrected chi connectivity index (χ0v) is 37.0. The molecule has 2 heterocycles. The van der Waals surface area contributed by atoms with Gasteiger partial charge in [0.2, 0.25) is 23.5 Å². The van der Waals surface area contributed by atoms with Gasteiger partial charge in [-0.05, 0) is 113 Å². The Balaban J connectivity index is 1.27. The van der Waals surface area contributed by atoms with Crippen LogP contribution in [0.15, 0.2) is 12.0 Å². The zero-order chi connectivity index (χ0) is 42.2. The van der Waals surface area contributed by atoms with Gasteiger partial charge in [-0.1, -0.05) is 80.1 Å². The van der Waals surface area contributed by atoms with E-state index >= 15 is 4.79 Å². The summed E-state index contributed by atoms with van der Waals surface area (Å²) in [6, 6.07) is -3.19. The van der Waals surface area contributed by atoms with Gasteiger partial charge in [0.1, 0.15) is 18.1 Å². The van der Waals surface area contributed by atoms with Crippen LogP contribution in [-0.2, 0) is 24.0 Å². The molecule has 4 saturated carbocycles. The number of likely N-dealkylation sites (tertiary alicyclic amines) is 2. The summed E-state index contributed by atoms with van der Waals surface area (Å²) in [6.07, 6.45) is 16.4. The highest BCUT2D eigenvalue weighted by Gasteiger charge is 2.85. The van der Waals surface area contributed by atoms with Gasteiger partial charge in [-0.3, -0.25) is 28.9 Å². The Hall–Kier alpha value is -3.15. The molecular weight excluding hydrogens is 733 g/mol. The number of nitrogens with zero attached hydrogens (tertiary/aromatic N) is 2. The summed E-state index contributed by atoms with van der Waals surface area (Å²) in [4.78, 5) is 75.3. The van der Waals surface area contributed by atoms with Crippen LogP contribution in [-0.4, -0.2) is 99.7 Å². The first kappa shape index (κ1) is 44.4. The molecule has 0 unspecified atom stereocenters. The predicted molar refractivity (Wildman–Crippen MR) is 225 cm³/mol. The third kappa shape index (κ3) is 8.17. The number of aliphatic hydroxyl groups is 1. The van der Waals surface area contributed by atoms with E-state index in [0.717, 1.165) is 103 Å². The average Bonchev–Trinajstić information content (AvgIpc) is 3.36. The molecule has 4 amide bonds. The summed E-state index contributed by atoms with van der Waals surface area (Å²) < 4.78 is 0. The maximum absolute atomic E-state index is 15.3. The summed E-state index contributed by atoms with van der Waals surface area (Å²) in [6.45, 7) is 18.0. The maximum Gasteiger partial charge on any atom is 0.289 e. The van der Waals surface area contributed by atoms with Crippen molar-refractivity contribution in [1.29, 1.82) is 0 Å². The minimum Gasteiger partial charge on any atom is -0.514 e. The summed E-state index contributed by atoms with van der Waals surface area (Å²) >= 11 is 0. The SMILES string of the molecule is CCC[C@H](NC(=O)[C@@H]1C[C@@]2(CN1C(=O)[C@@H](NC(=O)[C@@H](N/C(=C\O)[C@@H]1CCCCN1C(C)C)C1CCCCC1)C(C)(C)C)C(C)(C)C21CCC1)C(=O)C(=O)NC1CCC1. The number of nitrogens with one attached hydrogen (secondary N) is 4. The molecule has 6 aliphatic rings. The summed E-state index contributed by atoms with van der Waals surface area (Å²) in [5, 5.41) is 23.3. The molecule has 6 fully saturated rings. The molecular formula is C46H76N6O6. The van der Waals surface area contributed by atoms with Gasteiger partial charge in [-0.15, -0.1) is 0 Å². The van der Waals surface area contributed by atoms with Crippen LogP contribution in [0.2, 0.25) is 0 Å². The smallest absolute Gasteiger partial charge is 0.289 e. The molecule has 0 aromatic rings. The van der Waals surface area contributed by atoms with Gasteiger partial charge >= 0.3 is 0 Å². The van der Waals surface area contributed by atoms with E-state index < -0.39 is 47.2 Å². The van der Waals surface area contributed by atoms with E-state index in [9.17, 15) is 24.3 Å². The van der Waals surface area contributed by atoms with Crippen LogP contribution < -0.4 is 21.3 Å². The van der Waals surface area contributed by atoms with E-state index in [0.29, 0.717) is 31.5 Å². The van der Waals surface area contributed by atoms with Gasteiger partial charge in [0, 0.05) is 24.0 Å². The Morgan fingerprint density at radius 1 is 0.828 bits per heavy atom. The number of carbonyl (C=O) groups excluding carboxylic acids is 5. The number of hydrogen-bond donors (Lipinski definition) is 5. The highest BCUT2D eigenvalue weighted by molar-refractivity contribution is 6.38. The van der Waals surface area contributed by atoms with Gasteiger partial charge in [-0.25, -0.2) is 0 Å². The van der Waals surface area contributed by atoms with Crippen LogP contribution in [0, 0.1) is 27.6 Å². The molecule has 2 spiro atoms. The lowest BCUT2D eigenvalue weighted by atomic mass is 9.73. The number of carbonyl (C=O) groups is 5. The highest BCUT2D eigenvalue weighted by atomic mass is 16.2. The normalized spacial score (nSPS) is 28.9. The summed E-state index contributed by atoms with van der Waals surface area (Å²) in [5.41, 5.74) is -0.359. The molecule has 2 aliphatic heterocycles. The van der Waals surface area contributed by atoms with Gasteiger partial charge in [0.25, 0.3) is 5.91 Å². The molecule has 0 bridgehead atoms. The first-order chi connectivity index (χ1) is 27.4. The van der Waals surface area contributed by atoms with Crippen molar-refractivity contribution in [2.45, 2.75) is 207 Å². The second-order valence-electron chi connectivity index (χ2n) is 20.9. The fourth-order valence-electron chi connectivity index (χ4n) is 12.1. The van der Waals surface area contributed by atoms with Crippen molar-refractivity contribution in [1.82, 2.24) is 31.1 Å².